The number of benzene rings is 1. The minimum Gasteiger partial charge on any atom is -0.500 e. The number of guanidine groups is 1. The highest BCUT2D eigenvalue weighted by Gasteiger charge is 2.32. The molecule has 13 heteroatoms. The number of nitriles is 2. The van der Waals surface area contributed by atoms with Gasteiger partial charge in [0.25, 0.3) is 0 Å². The molecular formula is C16H13N9O4. The van der Waals surface area contributed by atoms with Gasteiger partial charge in [-0.25, -0.2) is 9.98 Å². The van der Waals surface area contributed by atoms with Crippen LogP contribution in [0.4, 0.5) is 23.0 Å². The molecule has 1 atom stereocenters. The Hall–Kier alpha value is -4.78. The summed E-state index contributed by atoms with van der Waals surface area (Å²) in [6.07, 6.45) is 1.69. The zero-order valence-electron chi connectivity index (χ0n) is 14.8. The molecule has 0 spiro atoms. The number of nitrogens with one attached hydrogen (secondary N) is 2. The first kappa shape index (κ1) is 19.0. The Morgan fingerprint density at radius 3 is 2.72 bits per heavy atom. The van der Waals surface area contributed by atoms with E-state index in [1.54, 1.807) is 6.19 Å². The summed E-state index contributed by atoms with van der Waals surface area (Å²) in [6, 6.07) is 3.26. The Kier molecular flexibility index (Phi) is 4.64. The third-order valence-electron chi connectivity index (χ3n) is 4.17. The number of hydrogen-bond acceptors (Lipinski definition) is 12. The number of hydrogen-bond donors (Lipinski definition) is 5. The maximum atomic E-state index is 11.3. The fourth-order valence-corrected chi connectivity index (χ4v) is 2.89. The molecule has 1 aromatic heterocycles. The molecular weight excluding hydrogens is 382 g/mol. The molecule has 1 aliphatic rings. The third-order valence-corrected chi connectivity index (χ3v) is 4.17. The number of ether oxygens (including phenoxy) is 1. The number of aromatic nitrogens is 1. The van der Waals surface area contributed by atoms with E-state index in [2.05, 4.69) is 20.6 Å². The largest absolute Gasteiger partial charge is 0.500 e. The lowest BCUT2D eigenvalue weighted by Crippen LogP contribution is -2.32. The van der Waals surface area contributed by atoms with Crippen LogP contribution in [-0.4, -0.2) is 28.1 Å². The predicted octanol–water partition coefficient (Wildman–Crippen LogP) is 0.682. The van der Waals surface area contributed by atoms with Crippen LogP contribution in [0.5, 0.6) is 11.5 Å². The number of phenolic OH excluding ortho intramolecular Hbond substituents is 1. The zero-order valence-corrected chi connectivity index (χ0v) is 14.8. The number of methoxy groups -OCH3 is 1. The summed E-state index contributed by atoms with van der Waals surface area (Å²) >= 11 is 0. The van der Waals surface area contributed by atoms with E-state index in [4.69, 9.17) is 21.5 Å². The maximum absolute atomic E-state index is 11.3. The number of nitrogens with two attached hydrogens (primary N) is 2. The normalized spacial score (nSPS) is 14.4. The van der Waals surface area contributed by atoms with Gasteiger partial charge in [-0.2, -0.15) is 10.5 Å². The number of aromatic hydroxyl groups is 1. The van der Waals surface area contributed by atoms with Crippen molar-refractivity contribution in [2.45, 2.75) is 6.04 Å². The van der Waals surface area contributed by atoms with E-state index in [9.17, 15) is 20.5 Å². The number of nitro benzene ring substituents is 1. The first-order valence-electron chi connectivity index (χ1n) is 7.86. The summed E-state index contributed by atoms with van der Waals surface area (Å²) in [4.78, 5) is 18.9. The van der Waals surface area contributed by atoms with Gasteiger partial charge in [-0.1, -0.05) is 0 Å². The SMILES string of the molecule is COc1cc(C2N=C(NC#N)Nc3nc(N)c(C#N)c(N)c32)cc([N+](=O)[O-])c1O. The Balaban J connectivity index is 2.32. The quantitative estimate of drug-likeness (QED) is 0.210. The Labute approximate surface area is 163 Å². The van der Waals surface area contributed by atoms with E-state index < -0.39 is 22.4 Å². The van der Waals surface area contributed by atoms with Gasteiger partial charge >= 0.3 is 5.69 Å². The van der Waals surface area contributed by atoms with Crippen molar-refractivity contribution in [3.05, 3.63) is 38.9 Å². The van der Waals surface area contributed by atoms with Gasteiger partial charge in [0.1, 0.15) is 29.3 Å². The van der Waals surface area contributed by atoms with Crippen molar-refractivity contribution < 1.29 is 14.8 Å². The van der Waals surface area contributed by atoms with E-state index in [1.807, 2.05) is 6.07 Å². The molecule has 3 rings (SSSR count). The number of aliphatic imine (C=N–C) groups is 1. The van der Waals surface area contributed by atoms with Gasteiger partial charge in [-0.3, -0.25) is 15.4 Å². The third kappa shape index (κ3) is 3.08. The first-order chi connectivity index (χ1) is 13.8. The molecule has 29 heavy (non-hydrogen) atoms. The molecule has 0 amide bonds. The van der Waals surface area contributed by atoms with E-state index in [0.717, 1.165) is 6.07 Å². The monoisotopic (exact) mass is 395 g/mol. The fourth-order valence-electron chi connectivity index (χ4n) is 2.89. The van der Waals surface area contributed by atoms with E-state index >= 15 is 0 Å². The minimum atomic E-state index is -1.02. The van der Waals surface area contributed by atoms with Gasteiger partial charge in [0.15, 0.2) is 11.9 Å². The standard InChI is InChI=1S/C16H13N9O4/c1-29-9-3-6(2-8(13(9)26)25(27)28)12-10-11(19)7(4-17)14(20)23-15(10)24-16(22-12)21-5-18/h2-3,12,26H,1H3,(H6,19,20,21,22,23,24). The second-order valence-corrected chi connectivity index (χ2v) is 5.75. The zero-order chi connectivity index (χ0) is 21.3. The van der Waals surface area contributed by atoms with Crippen molar-refractivity contribution in [1.29, 1.82) is 10.5 Å². The highest BCUT2D eigenvalue weighted by molar-refractivity contribution is 5.98. The molecule has 2 heterocycles. The molecule has 0 saturated heterocycles. The number of anilines is 3. The molecule has 0 radical (unpaired) electrons. The number of nitrogen functional groups attached to an aromatic ring is 2. The first-order valence-corrected chi connectivity index (χ1v) is 7.86. The highest BCUT2D eigenvalue weighted by Crippen LogP contribution is 2.45. The summed E-state index contributed by atoms with van der Waals surface area (Å²) in [6.45, 7) is 0. The van der Waals surface area contributed by atoms with Crippen LogP contribution < -0.4 is 26.8 Å². The molecule has 0 bridgehead atoms. The van der Waals surface area contributed by atoms with Crippen LogP contribution in [0, 0.1) is 32.9 Å². The van der Waals surface area contributed by atoms with Gasteiger partial charge in [-0.05, 0) is 11.6 Å². The summed E-state index contributed by atoms with van der Waals surface area (Å²) in [5.41, 5.74) is 11.6. The fraction of sp³-hybridized carbons (Fsp3) is 0.125. The van der Waals surface area contributed by atoms with Crippen LogP contribution in [0.25, 0.3) is 0 Å². The predicted molar refractivity (Wildman–Crippen MR) is 101 cm³/mol. The van der Waals surface area contributed by atoms with Gasteiger partial charge < -0.3 is 26.6 Å². The van der Waals surface area contributed by atoms with Gasteiger partial charge in [0.2, 0.25) is 11.7 Å². The molecule has 1 unspecified atom stereocenters. The maximum Gasteiger partial charge on any atom is 0.315 e. The van der Waals surface area contributed by atoms with Gasteiger partial charge in [-0.15, -0.1) is 0 Å². The molecule has 13 nitrogen and oxygen atoms in total. The van der Waals surface area contributed by atoms with Crippen molar-refractivity contribution in [2.24, 2.45) is 4.99 Å². The Bertz CT molecular complexity index is 1150. The molecule has 0 aliphatic carbocycles. The van der Waals surface area contributed by atoms with Crippen LogP contribution in [0.15, 0.2) is 17.1 Å². The van der Waals surface area contributed by atoms with E-state index in [0.29, 0.717) is 0 Å². The Morgan fingerprint density at radius 1 is 1.41 bits per heavy atom. The summed E-state index contributed by atoms with van der Waals surface area (Å²) in [5.74, 6) is -0.859. The summed E-state index contributed by atoms with van der Waals surface area (Å²) in [5, 5.41) is 44.6. The number of phenols is 1. The number of rotatable bonds is 3. The van der Waals surface area contributed by atoms with Gasteiger partial charge in [0.05, 0.1) is 17.7 Å². The average Bonchev–Trinajstić information content (AvgIpc) is 2.67. The lowest BCUT2D eigenvalue weighted by molar-refractivity contribution is -0.386. The number of nitro groups is 1. The molecule has 1 aromatic carbocycles. The summed E-state index contributed by atoms with van der Waals surface area (Å²) < 4.78 is 5.02. The van der Waals surface area contributed by atoms with Crippen LogP contribution >= 0.6 is 0 Å². The molecule has 1 aliphatic heterocycles. The van der Waals surface area contributed by atoms with Crippen LogP contribution in [0.3, 0.4) is 0 Å². The number of nitrogens with zero attached hydrogens (tertiary/aromatic N) is 5. The lowest BCUT2D eigenvalue weighted by Gasteiger charge is -2.26. The number of pyridine rings is 1. The number of fused-ring (bicyclic) bond motifs is 1. The smallest absolute Gasteiger partial charge is 0.315 e. The average molecular weight is 395 g/mol. The highest BCUT2D eigenvalue weighted by atomic mass is 16.6. The summed E-state index contributed by atoms with van der Waals surface area (Å²) in [7, 11) is 1.23. The Morgan fingerprint density at radius 2 is 2.14 bits per heavy atom. The van der Waals surface area contributed by atoms with Crippen LogP contribution in [-0.2, 0) is 0 Å². The van der Waals surface area contributed by atoms with E-state index in [1.165, 1.54) is 13.2 Å². The lowest BCUT2D eigenvalue weighted by atomic mass is 9.94. The van der Waals surface area contributed by atoms with Crippen molar-refractivity contribution in [2.75, 3.05) is 23.9 Å². The van der Waals surface area contributed by atoms with E-state index in [-0.39, 0.29) is 45.7 Å². The van der Waals surface area contributed by atoms with Crippen molar-refractivity contribution in [3.63, 3.8) is 0 Å². The molecule has 0 saturated carbocycles. The van der Waals surface area contributed by atoms with Gasteiger partial charge in [0, 0.05) is 11.6 Å². The molecule has 0 fully saturated rings. The van der Waals surface area contributed by atoms with Crippen molar-refractivity contribution in [1.82, 2.24) is 10.3 Å². The molecule has 146 valence electrons. The van der Waals surface area contributed by atoms with Crippen molar-refractivity contribution in [3.8, 4) is 23.8 Å². The molecule has 7 N–H and O–H groups in total. The van der Waals surface area contributed by atoms with Crippen molar-refractivity contribution >= 4 is 29.0 Å². The topological polar surface area (TPSA) is 222 Å². The van der Waals surface area contributed by atoms with Crippen LogP contribution in [0.2, 0.25) is 0 Å². The second-order valence-electron chi connectivity index (χ2n) is 5.75. The second kappa shape index (κ2) is 7.09. The molecule has 2 aromatic rings. The van der Waals surface area contributed by atoms with Crippen LogP contribution in [0.1, 0.15) is 22.7 Å². The minimum absolute atomic E-state index is 0.0179.